The number of carbonyl (C=O) groups excluding carboxylic acids is 1. The molecule has 5 nitrogen and oxygen atoms in total. The van der Waals surface area contributed by atoms with Crippen molar-refractivity contribution < 1.29 is 9.72 Å². The molecule has 1 amide bonds. The van der Waals surface area contributed by atoms with Gasteiger partial charge in [0, 0.05) is 28.3 Å². The smallest absolute Gasteiger partial charge is 0.272 e. The molecule has 3 aromatic rings. The van der Waals surface area contributed by atoms with Crippen LogP contribution in [0.4, 0.5) is 11.4 Å². The molecule has 0 heterocycles. The molecule has 0 fully saturated rings. The maximum atomic E-state index is 12.4. The van der Waals surface area contributed by atoms with Crippen molar-refractivity contribution in [1.29, 1.82) is 0 Å². The Morgan fingerprint density at radius 2 is 1.78 bits per heavy atom. The highest BCUT2D eigenvalue weighted by Gasteiger charge is 2.14. The van der Waals surface area contributed by atoms with Crippen LogP contribution in [-0.2, 0) is 0 Å². The first-order chi connectivity index (χ1) is 11.1. The van der Waals surface area contributed by atoms with Gasteiger partial charge in [0.05, 0.1) is 4.92 Å². The van der Waals surface area contributed by atoms with Crippen molar-refractivity contribution in [2.45, 2.75) is 6.92 Å². The quantitative estimate of drug-likeness (QED) is 0.579. The first kappa shape index (κ1) is 14.7. The summed E-state index contributed by atoms with van der Waals surface area (Å²) in [5, 5.41) is 15.7. The van der Waals surface area contributed by atoms with Gasteiger partial charge >= 0.3 is 0 Å². The number of rotatable bonds is 3. The number of nitrogens with one attached hydrogen (secondary N) is 1. The Labute approximate surface area is 132 Å². The van der Waals surface area contributed by atoms with Crippen LogP contribution in [0.2, 0.25) is 0 Å². The van der Waals surface area contributed by atoms with Crippen molar-refractivity contribution in [1.82, 2.24) is 0 Å². The van der Waals surface area contributed by atoms with Crippen molar-refractivity contribution in [2.75, 3.05) is 5.32 Å². The molecule has 0 aromatic heterocycles. The second-order valence-electron chi connectivity index (χ2n) is 5.24. The van der Waals surface area contributed by atoms with Gasteiger partial charge in [0.1, 0.15) is 0 Å². The molecular weight excluding hydrogens is 292 g/mol. The van der Waals surface area contributed by atoms with E-state index in [4.69, 9.17) is 0 Å². The molecule has 0 spiro atoms. The van der Waals surface area contributed by atoms with E-state index in [-0.39, 0.29) is 11.6 Å². The summed E-state index contributed by atoms with van der Waals surface area (Å²) in [5.41, 5.74) is 1.57. The maximum absolute atomic E-state index is 12.4. The van der Waals surface area contributed by atoms with Crippen molar-refractivity contribution in [2.24, 2.45) is 0 Å². The van der Waals surface area contributed by atoms with Crippen LogP contribution in [0, 0.1) is 17.0 Å². The first-order valence-corrected chi connectivity index (χ1v) is 7.10. The topological polar surface area (TPSA) is 72.2 Å². The summed E-state index contributed by atoms with van der Waals surface area (Å²) < 4.78 is 0. The van der Waals surface area contributed by atoms with Gasteiger partial charge in [-0.1, -0.05) is 36.4 Å². The van der Waals surface area contributed by atoms with E-state index in [9.17, 15) is 14.9 Å². The molecule has 0 aliphatic rings. The Balaban J connectivity index is 1.92. The number of fused-ring (bicyclic) bond motifs is 1. The number of nitrogens with zero attached hydrogens (tertiary/aromatic N) is 1. The highest BCUT2D eigenvalue weighted by Crippen LogP contribution is 2.24. The molecule has 0 aliphatic heterocycles. The van der Waals surface area contributed by atoms with Gasteiger partial charge in [-0.2, -0.15) is 0 Å². The number of nitro groups is 1. The van der Waals surface area contributed by atoms with E-state index >= 15 is 0 Å². The monoisotopic (exact) mass is 306 g/mol. The number of amides is 1. The molecule has 1 N–H and O–H groups in total. The standard InChI is InChI=1S/C18H14N2O3/c1-12-11-14(9-10-17(12)20(22)23)18(21)19-16-8-4-6-13-5-2-3-7-15(13)16/h2-11H,1H3,(H,19,21). The van der Waals surface area contributed by atoms with Crippen molar-refractivity contribution in [3.8, 4) is 0 Å². The molecule has 0 saturated heterocycles. The van der Waals surface area contributed by atoms with Crippen molar-refractivity contribution in [3.05, 3.63) is 81.9 Å². The molecule has 3 aromatic carbocycles. The SMILES string of the molecule is Cc1cc(C(=O)Nc2cccc3ccccc23)ccc1[N+](=O)[O-]. The summed E-state index contributed by atoms with van der Waals surface area (Å²) in [6.07, 6.45) is 0. The Kier molecular flexibility index (Phi) is 3.76. The zero-order valence-corrected chi connectivity index (χ0v) is 12.4. The Morgan fingerprint density at radius 1 is 1.04 bits per heavy atom. The number of benzene rings is 3. The summed E-state index contributed by atoms with van der Waals surface area (Å²) in [6, 6.07) is 17.8. The largest absolute Gasteiger partial charge is 0.321 e. The van der Waals surface area contributed by atoms with E-state index in [1.165, 1.54) is 18.2 Å². The number of nitro benzene ring substituents is 1. The fourth-order valence-electron chi connectivity index (χ4n) is 2.53. The molecule has 23 heavy (non-hydrogen) atoms. The summed E-state index contributed by atoms with van der Waals surface area (Å²) in [6.45, 7) is 1.62. The molecule has 0 radical (unpaired) electrons. The third-order valence-corrected chi connectivity index (χ3v) is 3.69. The second-order valence-corrected chi connectivity index (χ2v) is 5.24. The lowest BCUT2D eigenvalue weighted by molar-refractivity contribution is -0.385. The highest BCUT2D eigenvalue weighted by molar-refractivity contribution is 6.09. The van der Waals surface area contributed by atoms with E-state index in [2.05, 4.69) is 5.32 Å². The number of carbonyl (C=O) groups is 1. The van der Waals surface area contributed by atoms with Gasteiger partial charge in [-0.05, 0) is 30.5 Å². The molecule has 0 unspecified atom stereocenters. The molecule has 114 valence electrons. The summed E-state index contributed by atoms with van der Waals surface area (Å²) >= 11 is 0. The van der Waals surface area contributed by atoms with E-state index in [1.54, 1.807) is 6.92 Å². The second kappa shape index (κ2) is 5.88. The lowest BCUT2D eigenvalue weighted by Crippen LogP contribution is -2.12. The predicted octanol–water partition coefficient (Wildman–Crippen LogP) is 4.31. The fraction of sp³-hybridized carbons (Fsp3) is 0.0556. The molecule has 5 heteroatoms. The van der Waals surface area contributed by atoms with Crippen LogP contribution in [0.15, 0.2) is 60.7 Å². The van der Waals surface area contributed by atoms with Gasteiger partial charge in [0.2, 0.25) is 0 Å². The van der Waals surface area contributed by atoms with E-state index in [1.807, 2.05) is 42.5 Å². The summed E-state index contributed by atoms with van der Waals surface area (Å²) in [4.78, 5) is 22.8. The molecule has 0 bridgehead atoms. The van der Waals surface area contributed by atoms with Crippen LogP contribution in [-0.4, -0.2) is 10.8 Å². The van der Waals surface area contributed by atoms with Crippen LogP contribution in [0.1, 0.15) is 15.9 Å². The predicted molar refractivity (Wildman–Crippen MR) is 89.7 cm³/mol. The Bertz CT molecular complexity index is 914. The summed E-state index contributed by atoms with van der Waals surface area (Å²) in [7, 11) is 0. The van der Waals surface area contributed by atoms with Crippen LogP contribution in [0.25, 0.3) is 10.8 Å². The lowest BCUT2D eigenvalue weighted by Gasteiger charge is -2.09. The third kappa shape index (κ3) is 2.89. The summed E-state index contributed by atoms with van der Waals surface area (Å²) in [5.74, 6) is -0.292. The van der Waals surface area contributed by atoms with Crippen molar-refractivity contribution in [3.63, 3.8) is 0 Å². The molecular formula is C18H14N2O3. The zero-order chi connectivity index (χ0) is 16.4. The minimum Gasteiger partial charge on any atom is -0.321 e. The zero-order valence-electron chi connectivity index (χ0n) is 12.4. The average molecular weight is 306 g/mol. The minimum atomic E-state index is -0.457. The third-order valence-electron chi connectivity index (χ3n) is 3.69. The van der Waals surface area contributed by atoms with Gasteiger partial charge in [-0.25, -0.2) is 0 Å². The molecule has 0 aliphatic carbocycles. The van der Waals surface area contributed by atoms with Crippen LogP contribution in [0.5, 0.6) is 0 Å². The van der Waals surface area contributed by atoms with E-state index < -0.39 is 4.92 Å². The van der Waals surface area contributed by atoms with Gasteiger partial charge in [-0.3, -0.25) is 14.9 Å². The fourth-order valence-corrected chi connectivity index (χ4v) is 2.53. The highest BCUT2D eigenvalue weighted by atomic mass is 16.6. The minimum absolute atomic E-state index is 0.00621. The Morgan fingerprint density at radius 3 is 2.52 bits per heavy atom. The van der Waals surface area contributed by atoms with Crippen molar-refractivity contribution >= 4 is 28.1 Å². The maximum Gasteiger partial charge on any atom is 0.272 e. The number of hydrogen-bond donors (Lipinski definition) is 1. The number of hydrogen-bond acceptors (Lipinski definition) is 3. The van der Waals surface area contributed by atoms with Crippen LogP contribution in [0.3, 0.4) is 0 Å². The first-order valence-electron chi connectivity index (χ1n) is 7.10. The van der Waals surface area contributed by atoms with Gasteiger partial charge < -0.3 is 5.32 Å². The average Bonchev–Trinajstić information content (AvgIpc) is 2.54. The normalized spacial score (nSPS) is 10.5. The molecule has 3 rings (SSSR count). The van der Waals surface area contributed by atoms with Crippen LogP contribution < -0.4 is 5.32 Å². The Hall–Kier alpha value is -3.21. The van der Waals surface area contributed by atoms with E-state index in [0.717, 1.165) is 10.8 Å². The van der Waals surface area contributed by atoms with Gasteiger partial charge in [0.15, 0.2) is 0 Å². The number of aryl methyl sites for hydroxylation is 1. The van der Waals surface area contributed by atoms with Gasteiger partial charge in [-0.15, -0.1) is 0 Å². The van der Waals surface area contributed by atoms with E-state index in [0.29, 0.717) is 16.8 Å². The molecule has 0 saturated carbocycles. The van der Waals surface area contributed by atoms with Crippen LogP contribution >= 0.6 is 0 Å². The number of anilines is 1. The van der Waals surface area contributed by atoms with Gasteiger partial charge in [0.25, 0.3) is 11.6 Å². The molecule has 0 atom stereocenters. The lowest BCUT2D eigenvalue weighted by atomic mass is 10.1.